The summed E-state index contributed by atoms with van der Waals surface area (Å²) in [7, 11) is -3.35. The fraction of sp³-hybridized carbons (Fsp3) is 0.500. The first kappa shape index (κ1) is 17.9. The molecule has 0 aliphatic carbocycles. The van der Waals surface area contributed by atoms with Crippen LogP contribution >= 0.6 is 0 Å². The molecule has 2 unspecified atom stereocenters. The van der Waals surface area contributed by atoms with Crippen LogP contribution in [0.1, 0.15) is 11.7 Å². The van der Waals surface area contributed by atoms with Crippen molar-refractivity contribution >= 4 is 9.84 Å². The molecule has 0 aliphatic heterocycles. The molecule has 0 amide bonds. The van der Waals surface area contributed by atoms with Gasteiger partial charge in [-0.05, 0) is 17.7 Å². The molecule has 0 saturated heterocycles. The van der Waals surface area contributed by atoms with Gasteiger partial charge in [-0.3, -0.25) is 0 Å². The molecule has 1 aromatic rings. The van der Waals surface area contributed by atoms with Gasteiger partial charge in [0.25, 0.3) is 0 Å². The Bertz CT molecular complexity index is 557. The van der Waals surface area contributed by atoms with E-state index in [1.807, 2.05) is 0 Å². The molecule has 21 heavy (non-hydrogen) atoms. The molecule has 0 heterocycles. The molecule has 5 nitrogen and oxygen atoms in total. The van der Waals surface area contributed by atoms with Crippen LogP contribution in [0.2, 0.25) is 0 Å². The summed E-state index contributed by atoms with van der Waals surface area (Å²) < 4.78 is 58.6. The summed E-state index contributed by atoms with van der Waals surface area (Å²) in [6, 6.07) is 5.36. The molecule has 120 valence electrons. The van der Waals surface area contributed by atoms with Crippen LogP contribution in [0.3, 0.4) is 0 Å². The normalized spacial score (nSPS) is 15.7. The van der Waals surface area contributed by atoms with Gasteiger partial charge in [0.15, 0.2) is 15.9 Å². The van der Waals surface area contributed by atoms with E-state index in [-0.39, 0.29) is 11.4 Å². The number of aliphatic hydroxyl groups is 2. The number of hydrogen-bond acceptors (Lipinski definition) is 5. The van der Waals surface area contributed by atoms with Gasteiger partial charge in [-0.1, -0.05) is 12.1 Å². The van der Waals surface area contributed by atoms with Crippen molar-refractivity contribution in [2.24, 2.45) is 0 Å². The number of benzene rings is 1. The zero-order valence-corrected chi connectivity index (χ0v) is 11.9. The van der Waals surface area contributed by atoms with Crippen molar-refractivity contribution in [3.63, 3.8) is 0 Å². The van der Waals surface area contributed by atoms with Crippen LogP contribution in [-0.2, 0) is 9.84 Å². The standard InChI is InChI=1S/C12H16F3NO4S/c1-21(19,20)9-4-2-8(3-5-9)10(17)6-16-7-11(18)12(13,14)15/h2-5,10-11,16-18H,6-7H2,1H3. The molecule has 0 aliphatic rings. The molecule has 1 aromatic carbocycles. The molecule has 1 rings (SSSR count). The number of rotatable bonds is 6. The van der Waals surface area contributed by atoms with Gasteiger partial charge < -0.3 is 15.5 Å². The highest BCUT2D eigenvalue weighted by Crippen LogP contribution is 2.20. The van der Waals surface area contributed by atoms with Crippen LogP contribution in [0.15, 0.2) is 29.2 Å². The molecular formula is C12H16F3NO4S. The highest BCUT2D eigenvalue weighted by atomic mass is 32.2. The molecular weight excluding hydrogens is 311 g/mol. The van der Waals surface area contributed by atoms with Gasteiger partial charge in [-0.25, -0.2) is 8.42 Å². The summed E-state index contributed by atoms with van der Waals surface area (Å²) in [6.45, 7) is -0.937. The fourth-order valence-electron chi connectivity index (χ4n) is 1.53. The van der Waals surface area contributed by atoms with Crippen molar-refractivity contribution in [2.75, 3.05) is 19.3 Å². The molecule has 0 bridgehead atoms. The first-order valence-corrected chi connectivity index (χ1v) is 7.84. The molecule has 0 spiro atoms. The lowest BCUT2D eigenvalue weighted by Gasteiger charge is -2.17. The van der Waals surface area contributed by atoms with Gasteiger partial charge in [0.2, 0.25) is 0 Å². The average molecular weight is 327 g/mol. The second-order valence-electron chi connectivity index (χ2n) is 4.57. The van der Waals surface area contributed by atoms with Crippen LogP contribution < -0.4 is 5.32 Å². The third-order valence-electron chi connectivity index (χ3n) is 2.75. The summed E-state index contributed by atoms with van der Waals surface area (Å²) in [4.78, 5) is 0.0823. The van der Waals surface area contributed by atoms with E-state index in [0.717, 1.165) is 6.26 Å². The second-order valence-corrected chi connectivity index (χ2v) is 6.59. The minimum Gasteiger partial charge on any atom is -0.387 e. The van der Waals surface area contributed by atoms with E-state index in [2.05, 4.69) is 5.32 Å². The third-order valence-corrected chi connectivity index (χ3v) is 3.87. The maximum absolute atomic E-state index is 12.0. The number of nitrogens with one attached hydrogen (secondary N) is 1. The molecule has 2 atom stereocenters. The minimum atomic E-state index is -4.71. The monoisotopic (exact) mass is 327 g/mol. The summed E-state index contributed by atoms with van der Waals surface area (Å²) >= 11 is 0. The van der Waals surface area contributed by atoms with Crippen LogP contribution in [0, 0.1) is 0 Å². The quantitative estimate of drug-likeness (QED) is 0.714. The smallest absolute Gasteiger partial charge is 0.387 e. The SMILES string of the molecule is CS(=O)(=O)c1ccc(C(O)CNCC(O)C(F)(F)F)cc1. The van der Waals surface area contributed by atoms with Crippen molar-refractivity contribution in [2.45, 2.75) is 23.3 Å². The first-order chi connectivity index (χ1) is 9.51. The highest BCUT2D eigenvalue weighted by Gasteiger charge is 2.37. The Morgan fingerprint density at radius 2 is 1.67 bits per heavy atom. The van der Waals surface area contributed by atoms with E-state index in [1.54, 1.807) is 0 Å². The van der Waals surface area contributed by atoms with Gasteiger partial charge in [-0.15, -0.1) is 0 Å². The van der Waals surface area contributed by atoms with E-state index in [4.69, 9.17) is 5.11 Å². The average Bonchev–Trinajstić information content (AvgIpc) is 2.36. The largest absolute Gasteiger partial charge is 0.415 e. The van der Waals surface area contributed by atoms with E-state index in [0.29, 0.717) is 5.56 Å². The third kappa shape index (κ3) is 5.62. The van der Waals surface area contributed by atoms with E-state index in [1.165, 1.54) is 24.3 Å². The lowest BCUT2D eigenvalue weighted by molar-refractivity contribution is -0.202. The lowest BCUT2D eigenvalue weighted by Crippen LogP contribution is -2.39. The van der Waals surface area contributed by atoms with Gasteiger partial charge in [0.1, 0.15) is 0 Å². The fourth-order valence-corrected chi connectivity index (χ4v) is 2.16. The second kappa shape index (κ2) is 6.73. The number of hydrogen-bond donors (Lipinski definition) is 3. The topological polar surface area (TPSA) is 86.6 Å². The summed E-state index contributed by atoms with van der Waals surface area (Å²) in [5, 5.41) is 20.8. The number of aliphatic hydroxyl groups excluding tert-OH is 2. The van der Waals surface area contributed by atoms with E-state index < -0.39 is 34.8 Å². The predicted octanol–water partition coefficient (Wildman–Crippen LogP) is 0.636. The lowest BCUT2D eigenvalue weighted by atomic mass is 10.1. The first-order valence-electron chi connectivity index (χ1n) is 5.95. The highest BCUT2D eigenvalue weighted by molar-refractivity contribution is 7.90. The Hall–Kier alpha value is -1.16. The van der Waals surface area contributed by atoms with Gasteiger partial charge in [-0.2, -0.15) is 13.2 Å². The number of alkyl halides is 3. The Morgan fingerprint density at radius 3 is 2.10 bits per heavy atom. The van der Waals surface area contributed by atoms with Crippen LogP contribution in [-0.4, -0.2) is 50.3 Å². The molecule has 9 heteroatoms. The van der Waals surface area contributed by atoms with Crippen LogP contribution in [0.25, 0.3) is 0 Å². The Kier molecular flexibility index (Phi) is 5.74. The molecule has 0 saturated carbocycles. The minimum absolute atomic E-state index is 0.0823. The summed E-state index contributed by atoms with van der Waals surface area (Å²) in [5.41, 5.74) is 0.358. The number of halogens is 3. The van der Waals surface area contributed by atoms with Gasteiger partial charge in [0.05, 0.1) is 11.0 Å². The maximum atomic E-state index is 12.0. The van der Waals surface area contributed by atoms with E-state index in [9.17, 15) is 26.7 Å². The summed E-state index contributed by atoms with van der Waals surface area (Å²) in [5.74, 6) is 0. The van der Waals surface area contributed by atoms with Gasteiger partial charge in [0, 0.05) is 19.3 Å². The Labute approximate surface area is 120 Å². The van der Waals surface area contributed by atoms with Crippen molar-refractivity contribution < 1.29 is 31.8 Å². The van der Waals surface area contributed by atoms with Crippen molar-refractivity contribution in [3.05, 3.63) is 29.8 Å². The Morgan fingerprint density at radius 1 is 1.14 bits per heavy atom. The Balaban J connectivity index is 2.55. The molecule has 0 aromatic heterocycles. The van der Waals surface area contributed by atoms with Crippen molar-refractivity contribution in [1.29, 1.82) is 0 Å². The van der Waals surface area contributed by atoms with Crippen LogP contribution in [0.5, 0.6) is 0 Å². The maximum Gasteiger partial charge on any atom is 0.415 e. The zero-order chi connectivity index (χ0) is 16.3. The van der Waals surface area contributed by atoms with Crippen molar-refractivity contribution in [1.82, 2.24) is 5.32 Å². The van der Waals surface area contributed by atoms with Crippen molar-refractivity contribution in [3.8, 4) is 0 Å². The van der Waals surface area contributed by atoms with Gasteiger partial charge >= 0.3 is 6.18 Å². The molecule has 3 N–H and O–H groups in total. The molecule has 0 radical (unpaired) electrons. The number of sulfone groups is 1. The predicted molar refractivity (Wildman–Crippen MR) is 69.4 cm³/mol. The summed E-state index contributed by atoms with van der Waals surface area (Å²) in [6.07, 6.45) is -7.29. The zero-order valence-electron chi connectivity index (χ0n) is 11.1. The van der Waals surface area contributed by atoms with Crippen LogP contribution in [0.4, 0.5) is 13.2 Å². The molecule has 0 fully saturated rings. The van der Waals surface area contributed by atoms with E-state index >= 15 is 0 Å².